The van der Waals surface area contributed by atoms with E-state index in [-0.39, 0.29) is 11.8 Å². The van der Waals surface area contributed by atoms with Crippen LogP contribution >= 0.6 is 0 Å². The van der Waals surface area contributed by atoms with Crippen LogP contribution in [0.5, 0.6) is 0 Å². The molecule has 0 bridgehead atoms. The number of imidazole rings is 1. The molecule has 1 fully saturated rings. The minimum absolute atomic E-state index is 0.0206. The van der Waals surface area contributed by atoms with Crippen LogP contribution in [0.25, 0.3) is 5.65 Å². The maximum atomic E-state index is 12.5. The first-order chi connectivity index (χ1) is 15.1. The van der Waals surface area contributed by atoms with Gasteiger partial charge in [0, 0.05) is 50.2 Å². The van der Waals surface area contributed by atoms with E-state index in [0.29, 0.717) is 18.7 Å². The monoisotopic (exact) mass is 421 g/mol. The van der Waals surface area contributed by atoms with Gasteiger partial charge in [0.25, 0.3) is 5.91 Å². The third-order valence-electron chi connectivity index (χ3n) is 5.35. The second-order valence-corrected chi connectivity index (χ2v) is 7.66. The van der Waals surface area contributed by atoms with E-state index < -0.39 is 0 Å². The second-order valence-electron chi connectivity index (χ2n) is 7.66. The Morgan fingerprint density at radius 2 is 1.94 bits per heavy atom. The zero-order valence-corrected chi connectivity index (χ0v) is 17.6. The highest BCUT2D eigenvalue weighted by Crippen LogP contribution is 2.12. The zero-order valence-electron chi connectivity index (χ0n) is 17.6. The number of rotatable bonds is 7. The number of fused-ring (bicyclic) bond motifs is 1. The molecule has 3 heterocycles. The average Bonchev–Trinajstić information content (AvgIpc) is 3.23. The minimum atomic E-state index is -0.233. The molecule has 2 N–H and O–H groups in total. The van der Waals surface area contributed by atoms with Gasteiger partial charge in [0.1, 0.15) is 11.3 Å². The van der Waals surface area contributed by atoms with Crippen molar-refractivity contribution < 1.29 is 14.3 Å². The first-order valence-electron chi connectivity index (χ1n) is 10.5. The summed E-state index contributed by atoms with van der Waals surface area (Å²) in [6.07, 6.45) is 2.18. The number of anilines is 1. The quantitative estimate of drug-likeness (QED) is 0.611. The van der Waals surface area contributed by atoms with Crippen LogP contribution in [-0.2, 0) is 16.1 Å². The van der Waals surface area contributed by atoms with E-state index in [9.17, 15) is 9.59 Å². The fourth-order valence-corrected chi connectivity index (χ4v) is 3.60. The zero-order chi connectivity index (χ0) is 21.6. The molecule has 31 heavy (non-hydrogen) atoms. The van der Waals surface area contributed by atoms with E-state index in [2.05, 4.69) is 20.5 Å². The van der Waals surface area contributed by atoms with Crippen LogP contribution in [0.2, 0.25) is 0 Å². The number of hydrogen-bond acceptors (Lipinski definition) is 5. The predicted octanol–water partition coefficient (Wildman–Crippen LogP) is 2.23. The summed E-state index contributed by atoms with van der Waals surface area (Å²) in [5.41, 5.74) is 3.76. The van der Waals surface area contributed by atoms with Crippen LogP contribution < -0.4 is 10.6 Å². The first-order valence-corrected chi connectivity index (χ1v) is 10.5. The van der Waals surface area contributed by atoms with Crippen LogP contribution in [0.15, 0.2) is 48.7 Å². The molecule has 1 aliphatic rings. The summed E-state index contributed by atoms with van der Waals surface area (Å²) in [5, 5.41) is 5.84. The van der Waals surface area contributed by atoms with Crippen molar-refractivity contribution in [1.82, 2.24) is 19.6 Å². The molecule has 0 saturated carbocycles. The van der Waals surface area contributed by atoms with Crippen LogP contribution in [0, 0.1) is 6.92 Å². The van der Waals surface area contributed by atoms with Gasteiger partial charge in [-0.25, -0.2) is 4.98 Å². The number of hydrogen-bond donors (Lipinski definition) is 2. The normalized spacial score (nSPS) is 14.5. The Balaban J connectivity index is 1.30. The number of morpholine rings is 1. The molecule has 2 aromatic heterocycles. The van der Waals surface area contributed by atoms with Gasteiger partial charge in [0.2, 0.25) is 5.91 Å². The van der Waals surface area contributed by atoms with Gasteiger partial charge in [-0.3, -0.25) is 14.5 Å². The molecule has 2 amide bonds. The number of pyridine rings is 1. The fourth-order valence-electron chi connectivity index (χ4n) is 3.60. The van der Waals surface area contributed by atoms with Crippen molar-refractivity contribution in [2.45, 2.75) is 19.9 Å². The van der Waals surface area contributed by atoms with E-state index in [1.54, 1.807) is 6.20 Å². The molecular weight excluding hydrogens is 394 g/mol. The van der Waals surface area contributed by atoms with Crippen molar-refractivity contribution in [2.75, 3.05) is 38.2 Å². The Bertz CT molecular complexity index is 1070. The smallest absolute Gasteiger partial charge is 0.271 e. The van der Waals surface area contributed by atoms with Crippen LogP contribution in [-0.4, -0.2) is 58.9 Å². The fraction of sp³-hybridized carbons (Fsp3) is 0.348. The van der Waals surface area contributed by atoms with Crippen molar-refractivity contribution in [3.63, 3.8) is 0 Å². The van der Waals surface area contributed by atoms with Crippen LogP contribution in [0.3, 0.4) is 0 Å². The summed E-state index contributed by atoms with van der Waals surface area (Å²) in [7, 11) is 0. The molecule has 0 radical (unpaired) electrons. The molecule has 8 heteroatoms. The molecule has 1 saturated heterocycles. The van der Waals surface area contributed by atoms with Gasteiger partial charge in [-0.05, 0) is 36.8 Å². The van der Waals surface area contributed by atoms with E-state index >= 15 is 0 Å². The molecule has 0 unspecified atom stereocenters. The third kappa shape index (κ3) is 5.48. The Morgan fingerprint density at radius 3 is 2.74 bits per heavy atom. The lowest BCUT2D eigenvalue weighted by atomic mass is 10.2. The number of aryl methyl sites for hydroxylation is 1. The number of ether oxygens (including phenoxy) is 1. The molecule has 0 spiro atoms. The summed E-state index contributed by atoms with van der Waals surface area (Å²) in [6, 6.07) is 13.3. The summed E-state index contributed by atoms with van der Waals surface area (Å²) in [5.74, 6) is -0.254. The highest BCUT2D eigenvalue weighted by atomic mass is 16.5. The second kappa shape index (κ2) is 9.72. The van der Waals surface area contributed by atoms with E-state index in [1.807, 2.05) is 53.8 Å². The number of amides is 2. The molecule has 3 aromatic rings. The molecule has 8 nitrogen and oxygen atoms in total. The molecule has 4 rings (SSSR count). The Morgan fingerprint density at radius 1 is 1.13 bits per heavy atom. The van der Waals surface area contributed by atoms with Gasteiger partial charge in [0.15, 0.2) is 0 Å². The number of benzene rings is 1. The number of aromatic nitrogens is 2. The first kappa shape index (κ1) is 21.0. The van der Waals surface area contributed by atoms with Gasteiger partial charge in [-0.1, -0.05) is 18.2 Å². The SMILES string of the molecule is Cc1cccc2nc(C(=O)NCc3cccc(NC(=O)CCN4CCOCC4)c3)cn12. The lowest BCUT2D eigenvalue weighted by Gasteiger charge is -2.26. The van der Waals surface area contributed by atoms with Gasteiger partial charge >= 0.3 is 0 Å². The van der Waals surface area contributed by atoms with Gasteiger partial charge in [-0.2, -0.15) is 0 Å². The summed E-state index contributed by atoms with van der Waals surface area (Å²) in [6.45, 7) is 6.24. The van der Waals surface area contributed by atoms with Crippen molar-refractivity contribution in [1.29, 1.82) is 0 Å². The Kier molecular flexibility index (Phi) is 6.59. The van der Waals surface area contributed by atoms with Crippen molar-refractivity contribution in [2.24, 2.45) is 0 Å². The highest BCUT2D eigenvalue weighted by molar-refractivity contribution is 5.93. The molecule has 1 aliphatic heterocycles. The lowest BCUT2D eigenvalue weighted by molar-refractivity contribution is -0.116. The van der Waals surface area contributed by atoms with Crippen molar-refractivity contribution in [3.8, 4) is 0 Å². The Labute approximate surface area is 181 Å². The summed E-state index contributed by atoms with van der Waals surface area (Å²) >= 11 is 0. The summed E-state index contributed by atoms with van der Waals surface area (Å²) in [4.78, 5) is 31.4. The van der Waals surface area contributed by atoms with Gasteiger partial charge < -0.3 is 19.8 Å². The van der Waals surface area contributed by atoms with Gasteiger partial charge in [0.05, 0.1) is 13.2 Å². The standard InChI is InChI=1S/C23H27N5O3/c1-17-4-2-7-21-26-20(16-28(17)21)23(30)24-15-18-5-3-6-19(14-18)25-22(29)8-9-27-10-12-31-13-11-27/h2-7,14,16H,8-13,15H2,1H3,(H,24,30)(H,25,29). The number of nitrogens with one attached hydrogen (secondary N) is 2. The van der Waals surface area contributed by atoms with Crippen molar-refractivity contribution in [3.05, 3.63) is 65.6 Å². The molecule has 162 valence electrons. The molecule has 0 aliphatic carbocycles. The summed E-state index contributed by atoms with van der Waals surface area (Å²) < 4.78 is 7.22. The lowest BCUT2D eigenvalue weighted by Crippen LogP contribution is -2.38. The number of nitrogens with zero attached hydrogens (tertiary/aromatic N) is 3. The van der Waals surface area contributed by atoms with E-state index in [4.69, 9.17) is 4.74 Å². The minimum Gasteiger partial charge on any atom is -0.379 e. The molecule has 1 aromatic carbocycles. The Hall–Kier alpha value is -3.23. The predicted molar refractivity (Wildman–Crippen MR) is 118 cm³/mol. The molecule has 0 atom stereocenters. The van der Waals surface area contributed by atoms with Crippen LogP contribution in [0.4, 0.5) is 5.69 Å². The highest BCUT2D eigenvalue weighted by Gasteiger charge is 2.13. The number of carbonyl (C=O) groups excluding carboxylic acids is 2. The maximum absolute atomic E-state index is 12.5. The average molecular weight is 422 g/mol. The number of carbonyl (C=O) groups is 2. The van der Waals surface area contributed by atoms with E-state index in [0.717, 1.165) is 55.4 Å². The van der Waals surface area contributed by atoms with Crippen molar-refractivity contribution >= 4 is 23.1 Å². The maximum Gasteiger partial charge on any atom is 0.271 e. The van der Waals surface area contributed by atoms with Gasteiger partial charge in [-0.15, -0.1) is 0 Å². The van der Waals surface area contributed by atoms with Crippen LogP contribution in [0.1, 0.15) is 28.2 Å². The third-order valence-corrected chi connectivity index (χ3v) is 5.35. The largest absolute Gasteiger partial charge is 0.379 e. The topological polar surface area (TPSA) is 88.0 Å². The molecular formula is C23H27N5O3. The van der Waals surface area contributed by atoms with E-state index in [1.165, 1.54) is 0 Å².